The maximum Gasteiger partial charge on any atom is 0.416 e. The molecule has 1 N–H and O–H groups in total. The fourth-order valence-electron chi connectivity index (χ4n) is 2.08. The Morgan fingerprint density at radius 2 is 1.76 bits per heavy atom. The largest absolute Gasteiger partial charge is 0.434 e. The minimum Gasteiger partial charge on any atom is -0.434 e. The van der Waals surface area contributed by atoms with Crippen molar-refractivity contribution in [3.63, 3.8) is 0 Å². The van der Waals surface area contributed by atoms with E-state index in [1.54, 1.807) is 0 Å². The first-order chi connectivity index (χ1) is 13.5. The number of alkyl halides is 5. The SMILES string of the molecule is O=[N+]([O-])c1ccc(OC(F)F)c(/C=N\Nc2ccc(C(F)(F)F)cc2[N+](=O)[O-])c1. The predicted octanol–water partition coefficient (Wildman–Crippen LogP) is 4.57. The number of hydrazone groups is 1. The van der Waals surface area contributed by atoms with E-state index in [-0.39, 0.29) is 11.6 Å². The monoisotopic (exact) mass is 420 g/mol. The number of anilines is 1. The van der Waals surface area contributed by atoms with Gasteiger partial charge in [-0.2, -0.15) is 27.1 Å². The van der Waals surface area contributed by atoms with Crippen molar-refractivity contribution < 1.29 is 36.5 Å². The molecule has 0 fully saturated rings. The van der Waals surface area contributed by atoms with Gasteiger partial charge in [-0.05, 0) is 18.2 Å². The standard InChI is InChI=1S/C15H9F5N4O5/c16-14(17)29-13-4-2-10(23(25)26)5-8(13)7-21-22-11-3-1-9(15(18,19)20)6-12(11)24(27)28/h1-7,14,22H/b21-7-. The van der Waals surface area contributed by atoms with Crippen LogP contribution in [0, 0.1) is 20.2 Å². The highest BCUT2D eigenvalue weighted by Gasteiger charge is 2.33. The van der Waals surface area contributed by atoms with E-state index >= 15 is 0 Å². The van der Waals surface area contributed by atoms with E-state index in [1.807, 2.05) is 0 Å². The fraction of sp³-hybridized carbons (Fsp3) is 0.133. The Labute approximate surface area is 157 Å². The van der Waals surface area contributed by atoms with Gasteiger partial charge in [0.25, 0.3) is 11.4 Å². The number of nitro benzene ring substituents is 2. The quantitative estimate of drug-likeness (QED) is 0.303. The molecule has 0 amide bonds. The zero-order valence-electron chi connectivity index (χ0n) is 13.9. The molecule has 9 nitrogen and oxygen atoms in total. The molecule has 0 spiro atoms. The predicted molar refractivity (Wildman–Crippen MR) is 89.0 cm³/mol. The number of ether oxygens (including phenoxy) is 1. The lowest BCUT2D eigenvalue weighted by Gasteiger charge is -2.09. The third-order valence-electron chi connectivity index (χ3n) is 3.33. The van der Waals surface area contributed by atoms with Gasteiger partial charge in [0, 0.05) is 23.8 Å². The molecule has 0 saturated carbocycles. The Balaban J connectivity index is 2.34. The first-order valence-electron chi connectivity index (χ1n) is 7.37. The maximum absolute atomic E-state index is 12.7. The van der Waals surface area contributed by atoms with Gasteiger partial charge in [0.2, 0.25) is 0 Å². The Morgan fingerprint density at radius 3 is 2.31 bits per heavy atom. The topological polar surface area (TPSA) is 120 Å². The molecule has 2 aromatic carbocycles. The van der Waals surface area contributed by atoms with Gasteiger partial charge in [0.05, 0.1) is 21.6 Å². The van der Waals surface area contributed by atoms with Gasteiger partial charge in [-0.25, -0.2) is 0 Å². The van der Waals surface area contributed by atoms with Crippen LogP contribution >= 0.6 is 0 Å². The van der Waals surface area contributed by atoms with E-state index in [4.69, 9.17) is 0 Å². The van der Waals surface area contributed by atoms with Gasteiger partial charge in [-0.15, -0.1) is 0 Å². The second kappa shape index (κ2) is 8.45. The molecular weight excluding hydrogens is 411 g/mol. The third-order valence-corrected chi connectivity index (χ3v) is 3.33. The van der Waals surface area contributed by atoms with Gasteiger partial charge in [-0.3, -0.25) is 25.7 Å². The Bertz CT molecular complexity index is 965. The molecule has 2 aromatic rings. The van der Waals surface area contributed by atoms with E-state index in [0.29, 0.717) is 6.07 Å². The summed E-state index contributed by atoms with van der Waals surface area (Å²) in [6.45, 7) is -3.24. The molecule has 0 radical (unpaired) electrons. The van der Waals surface area contributed by atoms with Gasteiger partial charge in [-0.1, -0.05) is 0 Å². The summed E-state index contributed by atoms with van der Waals surface area (Å²) in [5.41, 5.74) is -1.29. The summed E-state index contributed by atoms with van der Waals surface area (Å²) in [4.78, 5) is 19.9. The van der Waals surface area contributed by atoms with Crippen LogP contribution in [-0.2, 0) is 6.18 Å². The highest BCUT2D eigenvalue weighted by atomic mass is 19.4. The second-order valence-electron chi connectivity index (χ2n) is 5.21. The van der Waals surface area contributed by atoms with Crippen molar-refractivity contribution in [3.05, 3.63) is 67.8 Å². The third kappa shape index (κ3) is 5.57. The van der Waals surface area contributed by atoms with Crippen molar-refractivity contribution >= 4 is 23.3 Å². The van der Waals surface area contributed by atoms with Crippen molar-refractivity contribution in [1.82, 2.24) is 0 Å². The first-order valence-corrected chi connectivity index (χ1v) is 7.37. The van der Waals surface area contributed by atoms with E-state index in [1.165, 1.54) is 0 Å². The molecule has 0 aliphatic carbocycles. The molecule has 154 valence electrons. The van der Waals surface area contributed by atoms with Gasteiger partial charge >= 0.3 is 12.8 Å². The average molecular weight is 420 g/mol. The molecule has 0 atom stereocenters. The lowest BCUT2D eigenvalue weighted by molar-refractivity contribution is -0.384. The van der Waals surface area contributed by atoms with E-state index in [2.05, 4.69) is 15.3 Å². The number of rotatable bonds is 7. The summed E-state index contributed by atoms with van der Waals surface area (Å²) in [6, 6.07) is 4.27. The Morgan fingerprint density at radius 1 is 1.07 bits per heavy atom. The average Bonchev–Trinajstić information content (AvgIpc) is 2.61. The molecule has 0 unspecified atom stereocenters. The number of non-ortho nitro benzene ring substituents is 1. The van der Waals surface area contributed by atoms with Crippen LogP contribution in [0.5, 0.6) is 5.75 Å². The van der Waals surface area contributed by atoms with Crippen LogP contribution in [0.15, 0.2) is 41.5 Å². The van der Waals surface area contributed by atoms with Crippen LogP contribution in [0.2, 0.25) is 0 Å². The number of hydrogen-bond acceptors (Lipinski definition) is 7. The van der Waals surface area contributed by atoms with Crippen LogP contribution < -0.4 is 10.2 Å². The minimum atomic E-state index is -4.81. The normalized spacial score (nSPS) is 11.7. The van der Waals surface area contributed by atoms with Crippen molar-refractivity contribution in [2.24, 2.45) is 5.10 Å². The number of nitro groups is 2. The number of nitrogens with one attached hydrogen (secondary N) is 1. The van der Waals surface area contributed by atoms with Crippen molar-refractivity contribution in [1.29, 1.82) is 0 Å². The molecular formula is C15H9F5N4O5. The molecule has 29 heavy (non-hydrogen) atoms. The van der Waals surface area contributed by atoms with Gasteiger partial charge in [0.1, 0.15) is 11.4 Å². The lowest BCUT2D eigenvalue weighted by Crippen LogP contribution is -2.07. The minimum absolute atomic E-state index is 0.276. The Hall–Kier alpha value is -3.84. The zero-order chi connectivity index (χ0) is 21.8. The molecule has 0 heterocycles. The molecule has 2 rings (SSSR count). The smallest absolute Gasteiger partial charge is 0.416 e. The van der Waals surface area contributed by atoms with Crippen LogP contribution in [0.25, 0.3) is 0 Å². The molecule has 0 aliphatic heterocycles. The summed E-state index contributed by atoms with van der Waals surface area (Å²) >= 11 is 0. The summed E-state index contributed by atoms with van der Waals surface area (Å²) in [7, 11) is 0. The highest BCUT2D eigenvalue weighted by molar-refractivity contribution is 5.85. The van der Waals surface area contributed by atoms with Crippen molar-refractivity contribution in [2.45, 2.75) is 12.8 Å². The van der Waals surface area contributed by atoms with Crippen molar-refractivity contribution in [3.8, 4) is 5.75 Å². The van der Waals surface area contributed by atoms with Gasteiger partial charge < -0.3 is 4.74 Å². The lowest BCUT2D eigenvalue weighted by atomic mass is 10.1. The highest BCUT2D eigenvalue weighted by Crippen LogP contribution is 2.35. The van der Waals surface area contributed by atoms with E-state index in [9.17, 15) is 42.2 Å². The first kappa shape index (κ1) is 21.5. The maximum atomic E-state index is 12.7. The summed E-state index contributed by atoms with van der Waals surface area (Å²) in [5, 5.41) is 25.3. The van der Waals surface area contributed by atoms with Crippen LogP contribution in [0.4, 0.5) is 39.0 Å². The van der Waals surface area contributed by atoms with Crippen LogP contribution in [0.1, 0.15) is 11.1 Å². The van der Waals surface area contributed by atoms with E-state index in [0.717, 1.165) is 30.5 Å². The number of halogens is 5. The number of nitrogens with zero attached hydrogens (tertiary/aromatic N) is 3. The molecule has 0 aliphatic rings. The van der Waals surface area contributed by atoms with Crippen molar-refractivity contribution in [2.75, 3.05) is 5.43 Å². The van der Waals surface area contributed by atoms with Crippen LogP contribution in [0.3, 0.4) is 0 Å². The molecule has 0 bridgehead atoms. The fourth-order valence-corrected chi connectivity index (χ4v) is 2.08. The number of hydrogen-bond donors (Lipinski definition) is 1. The van der Waals surface area contributed by atoms with Gasteiger partial charge in [0.15, 0.2) is 0 Å². The summed E-state index contributed by atoms with van der Waals surface area (Å²) < 4.78 is 67.1. The zero-order valence-corrected chi connectivity index (χ0v) is 13.9. The van der Waals surface area contributed by atoms with E-state index < -0.39 is 51.0 Å². The molecule has 14 heteroatoms. The molecule has 0 saturated heterocycles. The molecule has 0 aromatic heterocycles. The summed E-state index contributed by atoms with van der Waals surface area (Å²) in [5.74, 6) is -0.474. The summed E-state index contributed by atoms with van der Waals surface area (Å²) in [6.07, 6.45) is -4.02. The Kier molecular flexibility index (Phi) is 6.25. The second-order valence-corrected chi connectivity index (χ2v) is 5.21. The number of benzene rings is 2. The van der Waals surface area contributed by atoms with Crippen LogP contribution in [-0.4, -0.2) is 22.7 Å².